The summed E-state index contributed by atoms with van der Waals surface area (Å²) in [6, 6.07) is 10.3. The number of anilines is 1. The van der Waals surface area contributed by atoms with Gasteiger partial charge < -0.3 is 15.0 Å². The van der Waals surface area contributed by atoms with E-state index in [0.717, 1.165) is 12.1 Å². The van der Waals surface area contributed by atoms with Gasteiger partial charge in [0.05, 0.1) is 12.8 Å². The summed E-state index contributed by atoms with van der Waals surface area (Å²) in [6.07, 6.45) is 1.74. The fourth-order valence-corrected chi connectivity index (χ4v) is 4.58. The molecule has 3 heterocycles. The van der Waals surface area contributed by atoms with Gasteiger partial charge in [0, 0.05) is 46.9 Å². The number of methoxy groups -OCH3 is 1. The van der Waals surface area contributed by atoms with Gasteiger partial charge in [0.1, 0.15) is 29.3 Å². The van der Waals surface area contributed by atoms with E-state index in [0.29, 0.717) is 22.2 Å². The molecule has 1 N–H and O–H groups in total. The van der Waals surface area contributed by atoms with Gasteiger partial charge in [-0.2, -0.15) is 0 Å². The van der Waals surface area contributed by atoms with Crippen LogP contribution in [0.3, 0.4) is 0 Å². The highest BCUT2D eigenvalue weighted by molar-refractivity contribution is 6.30. The number of ether oxygens (including phenoxy) is 1. The molecule has 4 aromatic rings. The maximum atomic E-state index is 15.1. The van der Waals surface area contributed by atoms with Crippen LogP contribution >= 0.6 is 11.6 Å². The Morgan fingerprint density at radius 3 is 2.50 bits per heavy atom. The number of halogens is 3. The first-order valence-corrected chi connectivity index (χ1v) is 11.4. The Labute approximate surface area is 209 Å². The van der Waals surface area contributed by atoms with Crippen molar-refractivity contribution in [2.45, 2.75) is 18.9 Å². The zero-order valence-corrected chi connectivity index (χ0v) is 20.0. The van der Waals surface area contributed by atoms with Crippen molar-refractivity contribution in [1.82, 2.24) is 19.9 Å². The van der Waals surface area contributed by atoms with Gasteiger partial charge in [-0.05, 0) is 43.3 Å². The maximum absolute atomic E-state index is 15.1. The summed E-state index contributed by atoms with van der Waals surface area (Å²) in [6.45, 7) is 1.66. The Bertz CT molecular complexity index is 1470. The van der Waals surface area contributed by atoms with E-state index >= 15 is 8.78 Å². The number of nitrogens with one attached hydrogen (secondary N) is 1. The van der Waals surface area contributed by atoms with Crippen LogP contribution in [0.2, 0.25) is 5.02 Å². The van der Waals surface area contributed by atoms with E-state index in [2.05, 4.69) is 15.5 Å². The number of rotatable bonds is 5. The van der Waals surface area contributed by atoms with Crippen LogP contribution < -0.4 is 15.0 Å². The Hall–Kier alpha value is -4.05. The highest BCUT2D eigenvalue weighted by atomic mass is 35.5. The standard InChI is InChI=1S/C25H20ClF2N5O3/c1-13-30-31-23-20(4-3-9-32(13)23)33-12-17(21-18(27)10-16(36-2)11-19(21)28)22(25(33)35)29-24(34)14-5-7-15(26)8-6-14/h3-11,17,22H,12H2,1-2H3,(H,29,34)/t17-,22-/m0/s1. The van der Waals surface area contributed by atoms with Gasteiger partial charge in [0.15, 0.2) is 5.65 Å². The number of amides is 2. The Morgan fingerprint density at radius 2 is 1.83 bits per heavy atom. The van der Waals surface area contributed by atoms with Gasteiger partial charge in [-0.3, -0.25) is 14.0 Å². The number of aryl methyl sites for hydroxylation is 1. The van der Waals surface area contributed by atoms with E-state index in [-0.39, 0.29) is 23.4 Å². The van der Waals surface area contributed by atoms with Crippen LogP contribution in [0.1, 0.15) is 27.7 Å². The molecule has 36 heavy (non-hydrogen) atoms. The minimum absolute atomic E-state index is 0.000354. The molecule has 2 atom stereocenters. The molecule has 1 fully saturated rings. The normalized spacial score (nSPS) is 17.6. The molecule has 0 unspecified atom stereocenters. The van der Waals surface area contributed by atoms with Crippen molar-refractivity contribution < 1.29 is 23.1 Å². The third kappa shape index (κ3) is 4.03. The van der Waals surface area contributed by atoms with Crippen molar-refractivity contribution in [3.8, 4) is 5.75 Å². The molecule has 5 rings (SSSR count). The molecule has 184 valence electrons. The smallest absolute Gasteiger partial charge is 0.251 e. The molecule has 11 heteroatoms. The van der Waals surface area contributed by atoms with Crippen molar-refractivity contribution >= 4 is 34.7 Å². The molecule has 0 aliphatic carbocycles. The largest absolute Gasteiger partial charge is 0.497 e. The number of hydrogen-bond acceptors (Lipinski definition) is 5. The molecule has 0 spiro atoms. The van der Waals surface area contributed by atoms with Crippen molar-refractivity contribution in [1.29, 1.82) is 0 Å². The molecule has 1 saturated heterocycles. The SMILES string of the molecule is COc1cc(F)c([C@@H]2CN(c3cccn4c(C)nnc34)C(=O)[C@H]2NC(=O)c2ccc(Cl)cc2)c(F)c1. The van der Waals surface area contributed by atoms with Gasteiger partial charge in [0.25, 0.3) is 5.91 Å². The number of carbonyl (C=O) groups excluding carboxylic acids is 2. The first kappa shape index (κ1) is 23.7. The Balaban J connectivity index is 1.58. The Kier molecular flexibility index (Phi) is 6.05. The summed E-state index contributed by atoms with van der Waals surface area (Å²) >= 11 is 5.91. The third-order valence-electron chi connectivity index (χ3n) is 6.24. The van der Waals surface area contributed by atoms with Crippen LogP contribution in [0.15, 0.2) is 54.7 Å². The van der Waals surface area contributed by atoms with Crippen LogP contribution in [0, 0.1) is 18.6 Å². The van der Waals surface area contributed by atoms with Crippen LogP contribution in [0.25, 0.3) is 5.65 Å². The molecule has 2 aromatic carbocycles. The zero-order valence-electron chi connectivity index (χ0n) is 19.2. The molecule has 2 aromatic heterocycles. The number of carbonyl (C=O) groups is 2. The second-order valence-electron chi connectivity index (χ2n) is 8.35. The molecule has 0 saturated carbocycles. The fraction of sp³-hybridized carbons (Fsp3) is 0.200. The lowest BCUT2D eigenvalue weighted by Gasteiger charge is -2.20. The predicted octanol–water partition coefficient (Wildman–Crippen LogP) is 3.91. The van der Waals surface area contributed by atoms with Crippen LogP contribution in [-0.2, 0) is 4.79 Å². The summed E-state index contributed by atoms with van der Waals surface area (Å²) in [5.41, 5.74) is 0.737. The lowest BCUT2D eigenvalue weighted by atomic mass is 9.92. The van der Waals surface area contributed by atoms with E-state index in [4.69, 9.17) is 16.3 Å². The second kappa shape index (κ2) is 9.19. The summed E-state index contributed by atoms with van der Waals surface area (Å²) in [4.78, 5) is 28.0. The molecular formula is C25H20ClF2N5O3. The molecule has 2 amide bonds. The summed E-state index contributed by atoms with van der Waals surface area (Å²) in [5, 5.41) is 11.3. The van der Waals surface area contributed by atoms with Crippen molar-refractivity contribution in [2.75, 3.05) is 18.6 Å². The summed E-state index contributed by atoms with van der Waals surface area (Å²) in [7, 11) is 1.30. The summed E-state index contributed by atoms with van der Waals surface area (Å²) < 4.78 is 36.9. The van der Waals surface area contributed by atoms with Gasteiger partial charge in [-0.25, -0.2) is 8.78 Å². The van der Waals surface area contributed by atoms with E-state index in [9.17, 15) is 9.59 Å². The van der Waals surface area contributed by atoms with Gasteiger partial charge >= 0.3 is 0 Å². The molecule has 1 aliphatic rings. The monoisotopic (exact) mass is 511 g/mol. The first-order chi connectivity index (χ1) is 17.3. The predicted molar refractivity (Wildman–Crippen MR) is 128 cm³/mol. The number of pyridine rings is 1. The highest BCUT2D eigenvalue weighted by Crippen LogP contribution is 2.37. The topological polar surface area (TPSA) is 88.8 Å². The summed E-state index contributed by atoms with van der Waals surface area (Å²) in [5.74, 6) is -3.31. The fourth-order valence-electron chi connectivity index (χ4n) is 4.46. The molecular weight excluding hydrogens is 492 g/mol. The quantitative estimate of drug-likeness (QED) is 0.439. The molecule has 0 radical (unpaired) electrons. The average molecular weight is 512 g/mol. The number of aromatic nitrogens is 3. The van der Waals surface area contributed by atoms with Crippen LogP contribution in [0.5, 0.6) is 5.75 Å². The van der Waals surface area contributed by atoms with Gasteiger partial charge in [0.2, 0.25) is 5.91 Å². The van der Waals surface area contributed by atoms with E-state index in [1.54, 1.807) is 29.7 Å². The number of fused-ring (bicyclic) bond motifs is 1. The van der Waals surface area contributed by atoms with E-state index in [1.165, 1.54) is 36.3 Å². The Morgan fingerprint density at radius 1 is 1.14 bits per heavy atom. The van der Waals surface area contributed by atoms with Crippen LogP contribution in [-0.4, -0.2) is 46.1 Å². The van der Waals surface area contributed by atoms with E-state index < -0.39 is 35.4 Å². The van der Waals surface area contributed by atoms with Crippen LogP contribution in [0.4, 0.5) is 14.5 Å². The minimum Gasteiger partial charge on any atom is -0.497 e. The first-order valence-electron chi connectivity index (χ1n) is 11.0. The number of nitrogens with zero attached hydrogens (tertiary/aromatic N) is 4. The molecule has 0 bridgehead atoms. The highest BCUT2D eigenvalue weighted by Gasteiger charge is 2.45. The number of hydrogen-bond donors (Lipinski definition) is 1. The zero-order chi connectivity index (χ0) is 25.6. The lowest BCUT2D eigenvalue weighted by Crippen LogP contribution is -2.44. The molecule has 8 nitrogen and oxygen atoms in total. The van der Waals surface area contributed by atoms with Crippen molar-refractivity contribution in [3.63, 3.8) is 0 Å². The van der Waals surface area contributed by atoms with Crippen molar-refractivity contribution in [3.05, 3.63) is 88.3 Å². The lowest BCUT2D eigenvalue weighted by molar-refractivity contribution is -0.118. The van der Waals surface area contributed by atoms with E-state index in [1.807, 2.05) is 0 Å². The van der Waals surface area contributed by atoms with Crippen molar-refractivity contribution in [2.24, 2.45) is 0 Å². The maximum Gasteiger partial charge on any atom is 0.251 e. The van der Waals surface area contributed by atoms with Gasteiger partial charge in [-0.15, -0.1) is 10.2 Å². The molecule has 1 aliphatic heterocycles. The second-order valence-corrected chi connectivity index (χ2v) is 8.79. The number of benzene rings is 2. The average Bonchev–Trinajstić information content (AvgIpc) is 3.39. The third-order valence-corrected chi connectivity index (χ3v) is 6.49. The minimum atomic E-state index is -1.25. The van der Waals surface area contributed by atoms with Gasteiger partial charge in [-0.1, -0.05) is 11.6 Å².